The van der Waals surface area contributed by atoms with E-state index in [0.717, 1.165) is 26.1 Å². The molecule has 1 unspecified atom stereocenters. The number of pyridine rings is 1. The Morgan fingerprint density at radius 3 is 2.39 bits per heavy atom. The zero-order chi connectivity index (χ0) is 13.6. The van der Waals surface area contributed by atoms with Gasteiger partial charge in [-0.15, -0.1) is 0 Å². The van der Waals surface area contributed by atoms with Crippen molar-refractivity contribution in [2.45, 2.75) is 46.7 Å². The lowest BCUT2D eigenvalue weighted by Crippen LogP contribution is -2.38. The Bertz CT molecular complexity index is 329. The SMILES string of the molecule is CCN(CCC(N)C(C)(C)C)Cc1ccncc1. The first-order valence-electron chi connectivity index (χ1n) is 6.80. The fourth-order valence-electron chi connectivity index (χ4n) is 1.85. The first-order valence-corrected chi connectivity index (χ1v) is 6.80. The molecule has 1 aromatic heterocycles. The van der Waals surface area contributed by atoms with Crippen molar-refractivity contribution >= 4 is 0 Å². The fourth-order valence-corrected chi connectivity index (χ4v) is 1.85. The van der Waals surface area contributed by atoms with Gasteiger partial charge < -0.3 is 5.73 Å². The summed E-state index contributed by atoms with van der Waals surface area (Å²) >= 11 is 0. The molecule has 0 amide bonds. The highest BCUT2D eigenvalue weighted by Crippen LogP contribution is 2.20. The largest absolute Gasteiger partial charge is 0.327 e. The summed E-state index contributed by atoms with van der Waals surface area (Å²) in [5, 5.41) is 0. The summed E-state index contributed by atoms with van der Waals surface area (Å²) in [4.78, 5) is 6.48. The number of rotatable bonds is 6. The third-order valence-electron chi connectivity index (χ3n) is 3.47. The summed E-state index contributed by atoms with van der Waals surface area (Å²) in [5.74, 6) is 0. The van der Waals surface area contributed by atoms with Gasteiger partial charge in [-0.25, -0.2) is 0 Å². The van der Waals surface area contributed by atoms with Gasteiger partial charge in [0, 0.05) is 25.0 Å². The molecule has 102 valence electrons. The second kappa shape index (κ2) is 6.86. The van der Waals surface area contributed by atoms with Gasteiger partial charge in [-0.05, 0) is 42.6 Å². The van der Waals surface area contributed by atoms with E-state index in [9.17, 15) is 0 Å². The summed E-state index contributed by atoms with van der Waals surface area (Å²) in [5.41, 5.74) is 7.72. The summed E-state index contributed by atoms with van der Waals surface area (Å²) < 4.78 is 0. The van der Waals surface area contributed by atoms with E-state index >= 15 is 0 Å². The average molecular weight is 249 g/mol. The molecule has 0 aliphatic heterocycles. The quantitative estimate of drug-likeness (QED) is 0.843. The fraction of sp³-hybridized carbons (Fsp3) is 0.667. The Morgan fingerprint density at radius 1 is 1.28 bits per heavy atom. The summed E-state index contributed by atoms with van der Waals surface area (Å²) in [6, 6.07) is 4.41. The molecule has 1 heterocycles. The molecule has 1 atom stereocenters. The van der Waals surface area contributed by atoms with Crippen LogP contribution in [-0.4, -0.2) is 29.0 Å². The van der Waals surface area contributed by atoms with Gasteiger partial charge >= 0.3 is 0 Å². The third-order valence-corrected chi connectivity index (χ3v) is 3.47. The Labute approximate surface area is 111 Å². The van der Waals surface area contributed by atoms with E-state index in [1.54, 1.807) is 0 Å². The van der Waals surface area contributed by atoms with E-state index in [2.05, 4.69) is 49.7 Å². The van der Waals surface area contributed by atoms with Crippen LogP contribution >= 0.6 is 0 Å². The normalized spacial score (nSPS) is 13.9. The van der Waals surface area contributed by atoms with Gasteiger partial charge in [0.1, 0.15) is 0 Å². The van der Waals surface area contributed by atoms with Crippen molar-refractivity contribution in [1.82, 2.24) is 9.88 Å². The van der Waals surface area contributed by atoms with Gasteiger partial charge in [-0.1, -0.05) is 27.7 Å². The second-order valence-corrected chi connectivity index (χ2v) is 5.99. The highest BCUT2D eigenvalue weighted by molar-refractivity contribution is 5.09. The first kappa shape index (κ1) is 15.1. The van der Waals surface area contributed by atoms with Crippen LogP contribution in [0, 0.1) is 5.41 Å². The molecule has 3 heteroatoms. The third kappa shape index (κ3) is 5.15. The van der Waals surface area contributed by atoms with E-state index in [4.69, 9.17) is 5.73 Å². The molecule has 0 fully saturated rings. The molecule has 18 heavy (non-hydrogen) atoms. The Hall–Kier alpha value is -0.930. The van der Waals surface area contributed by atoms with Crippen LogP contribution in [0.1, 0.15) is 39.7 Å². The number of nitrogens with zero attached hydrogens (tertiary/aromatic N) is 2. The molecule has 0 saturated carbocycles. The molecular weight excluding hydrogens is 222 g/mol. The maximum Gasteiger partial charge on any atom is 0.0271 e. The van der Waals surface area contributed by atoms with Crippen molar-refractivity contribution in [2.24, 2.45) is 11.1 Å². The van der Waals surface area contributed by atoms with Crippen molar-refractivity contribution in [2.75, 3.05) is 13.1 Å². The van der Waals surface area contributed by atoms with E-state index in [0.29, 0.717) is 0 Å². The molecule has 0 radical (unpaired) electrons. The molecule has 0 aliphatic carbocycles. The highest BCUT2D eigenvalue weighted by atomic mass is 15.1. The lowest BCUT2D eigenvalue weighted by molar-refractivity contribution is 0.229. The predicted octanol–water partition coefficient (Wildman–Crippen LogP) is 2.67. The van der Waals surface area contributed by atoms with Crippen LogP contribution in [0.4, 0.5) is 0 Å². The standard InChI is InChI=1S/C15H27N3/c1-5-18(11-8-14(16)15(2,3)4)12-13-6-9-17-10-7-13/h6-7,9-10,14H,5,8,11-12,16H2,1-4H3. The molecule has 0 aliphatic rings. The monoisotopic (exact) mass is 249 g/mol. The van der Waals surface area contributed by atoms with Crippen LogP contribution in [-0.2, 0) is 6.54 Å². The van der Waals surface area contributed by atoms with Gasteiger partial charge in [0.15, 0.2) is 0 Å². The van der Waals surface area contributed by atoms with Crippen molar-refractivity contribution in [3.8, 4) is 0 Å². The lowest BCUT2D eigenvalue weighted by Gasteiger charge is -2.29. The molecule has 3 nitrogen and oxygen atoms in total. The minimum absolute atomic E-state index is 0.191. The molecule has 1 aromatic rings. The Kier molecular flexibility index (Phi) is 5.76. The van der Waals surface area contributed by atoms with Gasteiger partial charge in [0.2, 0.25) is 0 Å². The van der Waals surface area contributed by atoms with Crippen molar-refractivity contribution < 1.29 is 0 Å². The van der Waals surface area contributed by atoms with Crippen molar-refractivity contribution in [1.29, 1.82) is 0 Å². The number of hydrogen-bond donors (Lipinski definition) is 1. The minimum atomic E-state index is 0.191. The van der Waals surface area contributed by atoms with Crippen LogP contribution in [0.3, 0.4) is 0 Å². The molecule has 0 saturated heterocycles. The molecular formula is C15H27N3. The number of hydrogen-bond acceptors (Lipinski definition) is 3. The van der Waals surface area contributed by atoms with Gasteiger partial charge in [0.25, 0.3) is 0 Å². The minimum Gasteiger partial charge on any atom is -0.327 e. The van der Waals surface area contributed by atoms with Gasteiger partial charge in [-0.2, -0.15) is 0 Å². The lowest BCUT2D eigenvalue weighted by atomic mass is 9.85. The van der Waals surface area contributed by atoms with Crippen molar-refractivity contribution in [3.05, 3.63) is 30.1 Å². The smallest absolute Gasteiger partial charge is 0.0271 e. The van der Waals surface area contributed by atoms with Crippen LogP contribution in [0.5, 0.6) is 0 Å². The number of aromatic nitrogens is 1. The molecule has 0 aromatic carbocycles. The van der Waals surface area contributed by atoms with E-state index in [1.165, 1.54) is 5.56 Å². The van der Waals surface area contributed by atoms with Crippen LogP contribution < -0.4 is 5.73 Å². The van der Waals surface area contributed by atoms with Crippen LogP contribution in [0.15, 0.2) is 24.5 Å². The second-order valence-electron chi connectivity index (χ2n) is 5.99. The highest BCUT2D eigenvalue weighted by Gasteiger charge is 2.20. The zero-order valence-corrected chi connectivity index (χ0v) is 12.2. The van der Waals surface area contributed by atoms with Gasteiger partial charge in [-0.3, -0.25) is 9.88 Å². The van der Waals surface area contributed by atoms with E-state index in [1.807, 2.05) is 12.4 Å². The molecule has 0 spiro atoms. The zero-order valence-electron chi connectivity index (χ0n) is 12.2. The topological polar surface area (TPSA) is 42.1 Å². The van der Waals surface area contributed by atoms with Gasteiger partial charge in [0.05, 0.1) is 0 Å². The molecule has 1 rings (SSSR count). The Morgan fingerprint density at radius 2 is 1.89 bits per heavy atom. The summed E-state index contributed by atoms with van der Waals surface area (Å²) in [7, 11) is 0. The van der Waals surface area contributed by atoms with E-state index in [-0.39, 0.29) is 11.5 Å². The molecule has 0 bridgehead atoms. The average Bonchev–Trinajstić information content (AvgIpc) is 2.34. The molecule has 2 N–H and O–H groups in total. The van der Waals surface area contributed by atoms with E-state index < -0.39 is 0 Å². The number of nitrogens with two attached hydrogens (primary N) is 1. The maximum atomic E-state index is 6.21. The van der Waals surface area contributed by atoms with Crippen LogP contribution in [0.2, 0.25) is 0 Å². The van der Waals surface area contributed by atoms with Crippen molar-refractivity contribution in [3.63, 3.8) is 0 Å². The Balaban J connectivity index is 2.43. The summed E-state index contributed by atoms with van der Waals surface area (Å²) in [6.45, 7) is 11.9. The summed E-state index contributed by atoms with van der Waals surface area (Å²) in [6.07, 6.45) is 4.75. The first-order chi connectivity index (χ1) is 8.43. The maximum absolute atomic E-state index is 6.21. The van der Waals surface area contributed by atoms with Crippen LogP contribution in [0.25, 0.3) is 0 Å². The predicted molar refractivity (Wildman–Crippen MR) is 77.2 cm³/mol.